The number of hydrogen-bond acceptors (Lipinski definition) is 5. The number of amides is 1. The van der Waals surface area contributed by atoms with Crippen molar-refractivity contribution in [1.29, 1.82) is 0 Å². The minimum atomic E-state index is -0.267. The van der Waals surface area contributed by atoms with Crippen LogP contribution in [0, 0.1) is 0 Å². The molecule has 1 amide bonds. The summed E-state index contributed by atoms with van der Waals surface area (Å²) in [4.78, 5) is 32.4. The van der Waals surface area contributed by atoms with Crippen LogP contribution in [0.2, 0.25) is 0 Å². The SMILES string of the molecule is O=C(CSc1nc2c(cnn2-c2ccccc2)c(=O)[nH]1)NC1CCCc2ccccc21. The van der Waals surface area contributed by atoms with Crippen molar-refractivity contribution in [2.45, 2.75) is 30.5 Å². The predicted molar refractivity (Wildman–Crippen MR) is 120 cm³/mol. The lowest BCUT2D eigenvalue weighted by atomic mass is 9.88. The average Bonchev–Trinajstić information content (AvgIpc) is 3.23. The lowest BCUT2D eigenvalue weighted by molar-refractivity contribution is -0.119. The highest BCUT2D eigenvalue weighted by atomic mass is 32.2. The maximum atomic E-state index is 12.6. The molecule has 2 aromatic carbocycles. The molecule has 0 spiro atoms. The number of carbonyl (C=O) groups is 1. The van der Waals surface area contributed by atoms with Gasteiger partial charge >= 0.3 is 0 Å². The van der Waals surface area contributed by atoms with E-state index in [-0.39, 0.29) is 23.3 Å². The first kappa shape index (κ1) is 19.6. The molecule has 0 radical (unpaired) electrons. The molecule has 1 atom stereocenters. The Bertz CT molecular complexity index is 1300. The second-order valence-electron chi connectivity index (χ2n) is 7.50. The van der Waals surface area contributed by atoms with Crippen LogP contribution < -0.4 is 10.9 Å². The van der Waals surface area contributed by atoms with Crippen LogP contribution in [-0.4, -0.2) is 31.4 Å². The highest BCUT2D eigenvalue weighted by Gasteiger charge is 2.21. The zero-order valence-corrected chi connectivity index (χ0v) is 17.6. The lowest BCUT2D eigenvalue weighted by Gasteiger charge is -2.26. The smallest absolute Gasteiger partial charge is 0.262 e. The number of benzene rings is 2. The molecule has 4 aromatic rings. The third-order valence-electron chi connectivity index (χ3n) is 5.46. The molecule has 1 aliphatic rings. The monoisotopic (exact) mass is 431 g/mol. The van der Waals surface area contributed by atoms with Crippen molar-refractivity contribution >= 4 is 28.7 Å². The van der Waals surface area contributed by atoms with E-state index in [4.69, 9.17) is 0 Å². The number of aromatic nitrogens is 4. The molecule has 5 rings (SSSR count). The lowest BCUT2D eigenvalue weighted by Crippen LogP contribution is -2.32. The summed E-state index contributed by atoms with van der Waals surface area (Å²) in [5, 5.41) is 8.25. The van der Waals surface area contributed by atoms with Crippen molar-refractivity contribution in [1.82, 2.24) is 25.1 Å². The van der Waals surface area contributed by atoms with Crippen molar-refractivity contribution in [3.63, 3.8) is 0 Å². The molecule has 0 aliphatic heterocycles. The molecule has 0 fully saturated rings. The molecule has 156 valence electrons. The first-order valence-corrected chi connectivity index (χ1v) is 11.2. The van der Waals surface area contributed by atoms with Gasteiger partial charge < -0.3 is 10.3 Å². The van der Waals surface area contributed by atoms with Gasteiger partial charge in [0.15, 0.2) is 10.8 Å². The fourth-order valence-corrected chi connectivity index (χ4v) is 4.67. The third kappa shape index (κ3) is 3.98. The summed E-state index contributed by atoms with van der Waals surface area (Å²) < 4.78 is 1.63. The number of H-pyrrole nitrogens is 1. The Morgan fingerprint density at radius 3 is 2.84 bits per heavy atom. The van der Waals surface area contributed by atoms with Crippen LogP contribution in [0.15, 0.2) is 70.7 Å². The third-order valence-corrected chi connectivity index (χ3v) is 6.34. The summed E-state index contributed by atoms with van der Waals surface area (Å²) in [6.45, 7) is 0. The molecule has 0 bridgehead atoms. The maximum Gasteiger partial charge on any atom is 0.262 e. The molecular weight excluding hydrogens is 410 g/mol. The highest BCUT2D eigenvalue weighted by Crippen LogP contribution is 2.29. The predicted octanol–water partition coefficient (Wildman–Crippen LogP) is 3.39. The number of fused-ring (bicyclic) bond motifs is 2. The average molecular weight is 432 g/mol. The van der Waals surface area contributed by atoms with Gasteiger partial charge in [0.1, 0.15) is 5.39 Å². The van der Waals surface area contributed by atoms with Crippen LogP contribution >= 0.6 is 11.8 Å². The van der Waals surface area contributed by atoms with Gasteiger partial charge in [0.2, 0.25) is 5.91 Å². The van der Waals surface area contributed by atoms with Gasteiger partial charge in [-0.25, -0.2) is 9.67 Å². The van der Waals surface area contributed by atoms with Crippen LogP contribution in [-0.2, 0) is 11.2 Å². The largest absolute Gasteiger partial charge is 0.349 e. The number of aromatic amines is 1. The minimum Gasteiger partial charge on any atom is -0.349 e. The topological polar surface area (TPSA) is 92.7 Å². The first-order valence-electron chi connectivity index (χ1n) is 10.2. The number of aryl methyl sites for hydroxylation is 1. The Kier molecular flexibility index (Phi) is 5.30. The van der Waals surface area contributed by atoms with Gasteiger partial charge in [-0.05, 0) is 42.5 Å². The summed E-state index contributed by atoms with van der Waals surface area (Å²) in [5.41, 5.74) is 3.53. The standard InChI is InChI=1S/C23H21N5O2S/c29-20(25-19-12-6-8-15-7-4-5-11-17(15)19)14-31-23-26-21-18(22(30)27-23)13-24-28(21)16-9-2-1-3-10-16/h1-5,7,9-11,13,19H,6,8,12,14H2,(H,25,29)(H,26,27,30). The zero-order chi connectivity index (χ0) is 21.2. The van der Waals surface area contributed by atoms with E-state index in [1.54, 1.807) is 4.68 Å². The fourth-order valence-electron chi connectivity index (χ4n) is 4.00. The molecular formula is C23H21N5O2S. The summed E-state index contributed by atoms with van der Waals surface area (Å²) in [6.07, 6.45) is 4.56. The molecule has 7 nitrogen and oxygen atoms in total. The van der Waals surface area contributed by atoms with Crippen LogP contribution in [0.5, 0.6) is 0 Å². The van der Waals surface area contributed by atoms with Crippen molar-refractivity contribution in [2.24, 2.45) is 0 Å². The number of carbonyl (C=O) groups excluding carboxylic acids is 1. The van der Waals surface area contributed by atoms with Gasteiger partial charge in [0, 0.05) is 0 Å². The molecule has 0 saturated heterocycles. The fraction of sp³-hybridized carbons (Fsp3) is 0.217. The Morgan fingerprint density at radius 1 is 1.16 bits per heavy atom. The van der Waals surface area contributed by atoms with Gasteiger partial charge in [-0.2, -0.15) is 5.10 Å². The van der Waals surface area contributed by atoms with Gasteiger partial charge in [0.05, 0.1) is 23.7 Å². The maximum absolute atomic E-state index is 12.6. The molecule has 1 aliphatic carbocycles. The molecule has 31 heavy (non-hydrogen) atoms. The number of nitrogens with zero attached hydrogens (tertiary/aromatic N) is 3. The Balaban J connectivity index is 1.32. The second-order valence-corrected chi connectivity index (χ2v) is 8.46. The van der Waals surface area contributed by atoms with E-state index < -0.39 is 0 Å². The van der Waals surface area contributed by atoms with Crippen molar-refractivity contribution in [3.05, 3.63) is 82.3 Å². The van der Waals surface area contributed by atoms with Crippen molar-refractivity contribution < 1.29 is 4.79 Å². The summed E-state index contributed by atoms with van der Waals surface area (Å²) in [5.74, 6) is 0.0954. The highest BCUT2D eigenvalue weighted by molar-refractivity contribution is 7.99. The van der Waals surface area contributed by atoms with Gasteiger partial charge in [-0.3, -0.25) is 9.59 Å². The van der Waals surface area contributed by atoms with Crippen molar-refractivity contribution in [3.8, 4) is 5.69 Å². The van der Waals surface area contributed by atoms with Gasteiger partial charge in [-0.1, -0.05) is 54.2 Å². The Hall–Kier alpha value is -3.39. The molecule has 1 unspecified atom stereocenters. The van der Waals surface area contributed by atoms with Crippen LogP contribution in [0.25, 0.3) is 16.7 Å². The van der Waals surface area contributed by atoms with E-state index >= 15 is 0 Å². The van der Waals surface area contributed by atoms with E-state index in [2.05, 4.69) is 32.5 Å². The molecule has 2 heterocycles. The van der Waals surface area contributed by atoms with E-state index in [0.717, 1.165) is 24.9 Å². The van der Waals surface area contributed by atoms with Crippen LogP contribution in [0.3, 0.4) is 0 Å². The Morgan fingerprint density at radius 2 is 1.97 bits per heavy atom. The van der Waals surface area contributed by atoms with E-state index in [1.165, 1.54) is 29.1 Å². The molecule has 8 heteroatoms. The summed E-state index contributed by atoms with van der Waals surface area (Å²) in [6, 6.07) is 17.8. The number of rotatable bonds is 5. The van der Waals surface area contributed by atoms with E-state index in [1.807, 2.05) is 42.5 Å². The molecule has 2 N–H and O–H groups in total. The van der Waals surface area contributed by atoms with Crippen LogP contribution in [0.1, 0.15) is 30.0 Å². The van der Waals surface area contributed by atoms with Crippen LogP contribution in [0.4, 0.5) is 0 Å². The zero-order valence-electron chi connectivity index (χ0n) is 16.7. The Labute approximate surface area is 182 Å². The summed E-state index contributed by atoms with van der Waals surface area (Å²) >= 11 is 1.21. The van der Waals surface area contributed by atoms with Gasteiger partial charge in [-0.15, -0.1) is 0 Å². The summed E-state index contributed by atoms with van der Waals surface area (Å²) in [7, 11) is 0. The number of hydrogen-bond donors (Lipinski definition) is 2. The first-order chi connectivity index (χ1) is 15.2. The van der Waals surface area contributed by atoms with E-state index in [0.29, 0.717) is 16.2 Å². The minimum absolute atomic E-state index is 0.0343. The normalized spacial score (nSPS) is 15.5. The number of thioether (sulfide) groups is 1. The van der Waals surface area contributed by atoms with Crippen molar-refractivity contribution in [2.75, 3.05) is 5.75 Å². The van der Waals surface area contributed by atoms with Gasteiger partial charge in [0.25, 0.3) is 5.56 Å². The number of nitrogens with one attached hydrogen (secondary N) is 2. The molecule has 2 aromatic heterocycles. The van der Waals surface area contributed by atoms with E-state index in [9.17, 15) is 9.59 Å². The molecule has 0 saturated carbocycles. The quantitative estimate of drug-likeness (QED) is 0.373. The second kappa shape index (κ2) is 8.39. The number of para-hydroxylation sites is 1.